The molecule has 5 nitrogen and oxygen atoms in total. The van der Waals surface area contributed by atoms with Crippen molar-refractivity contribution in [2.24, 2.45) is 5.92 Å². The predicted octanol–water partition coefficient (Wildman–Crippen LogP) is 0.820. The summed E-state index contributed by atoms with van der Waals surface area (Å²) >= 11 is 0. The van der Waals surface area contributed by atoms with Crippen LogP contribution in [0, 0.1) is 5.92 Å². The fraction of sp³-hybridized carbons (Fsp3) is 0.538. The van der Waals surface area contributed by atoms with E-state index in [1.54, 1.807) is 25.6 Å². The van der Waals surface area contributed by atoms with Gasteiger partial charge in [0.05, 0.1) is 18.9 Å². The van der Waals surface area contributed by atoms with Crippen molar-refractivity contribution >= 4 is 5.91 Å². The lowest BCUT2D eigenvalue weighted by Crippen LogP contribution is -2.36. The Morgan fingerprint density at radius 3 is 3.06 bits per heavy atom. The highest BCUT2D eigenvalue weighted by Gasteiger charge is 2.16. The molecule has 1 aromatic rings. The van der Waals surface area contributed by atoms with Gasteiger partial charge in [0.25, 0.3) is 5.91 Å². The SMILES string of the molecule is COc1cnccc1C(=O)NCC1CCNCC1. The molecule has 2 rings (SSSR count). The summed E-state index contributed by atoms with van der Waals surface area (Å²) in [5.41, 5.74) is 0.543. The first-order valence-corrected chi connectivity index (χ1v) is 6.28. The van der Waals surface area contributed by atoms with E-state index in [9.17, 15) is 4.79 Å². The first-order chi connectivity index (χ1) is 8.81. The zero-order chi connectivity index (χ0) is 12.8. The molecular formula is C13H19N3O2. The largest absolute Gasteiger partial charge is 0.494 e. The molecule has 1 aliphatic heterocycles. The molecule has 2 heterocycles. The number of hydrogen-bond acceptors (Lipinski definition) is 4. The second-order valence-corrected chi connectivity index (χ2v) is 4.48. The molecule has 1 aromatic heterocycles. The Labute approximate surface area is 107 Å². The number of aromatic nitrogens is 1. The Balaban J connectivity index is 1.90. The van der Waals surface area contributed by atoms with Crippen LogP contribution in [0.3, 0.4) is 0 Å². The van der Waals surface area contributed by atoms with E-state index in [0.29, 0.717) is 17.2 Å². The lowest BCUT2D eigenvalue weighted by molar-refractivity contribution is 0.0941. The first kappa shape index (κ1) is 12.8. The molecule has 2 N–H and O–H groups in total. The van der Waals surface area contributed by atoms with Gasteiger partial charge in [-0.05, 0) is 37.9 Å². The van der Waals surface area contributed by atoms with E-state index in [2.05, 4.69) is 15.6 Å². The van der Waals surface area contributed by atoms with Gasteiger partial charge in [-0.3, -0.25) is 9.78 Å². The molecular weight excluding hydrogens is 230 g/mol. The van der Waals surface area contributed by atoms with E-state index in [4.69, 9.17) is 4.74 Å². The number of rotatable bonds is 4. The maximum absolute atomic E-state index is 12.0. The predicted molar refractivity (Wildman–Crippen MR) is 68.7 cm³/mol. The highest BCUT2D eigenvalue weighted by Crippen LogP contribution is 2.16. The topological polar surface area (TPSA) is 63.2 Å². The minimum atomic E-state index is -0.0900. The molecule has 1 saturated heterocycles. The molecule has 5 heteroatoms. The van der Waals surface area contributed by atoms with Crippen LogP contribution in [-0.4, -0.2) is 37.6 Å². The number of hydrogen-bond donors (Lipinski definition) is 2. The Kier molecular flexibility index (Phi) is 4.52. The van der Waals surface area contributed by atoms with Crippen LogP contribution in [0.4, 0.5) is 0 Å². The highest BCUT2D eigenvalue weighted by atomic mass is 16.5. The van der Waals surface area contributed by atoms with E-state index >= 15 is 0 Å². The Bertz CT molecular complexity index is 403. The molecule has 0 aromatic carbocycles. The summed E-state index contributed by atoms with van der Waals surface area (Å²) in [6.45, 7) is 2.81. The molecule has 0 saturated carbocycles. The number of carbonyl (C=O) groups excluding carboxylic acids is 1. The zero-order valence-corrected chi connectivity index (χ0v) is 10.6. The summed E-state index contributed by atoms with van der Waals surface area (Å²) in [6, 6.07) is 1.68. The van der Waals surface area contributed by atoms with Crippen LogP contribution < -0.4 is 15.4 Å². The fourth-order valence-corrected chi connectivity index (χ4v) is 2.15. The molecule has 1 fully saturated rings. The van der Waals surface area contributed by atoms with Crippen molar-refractivity contribution in [2.45, 2.75) is 12.8 Å². The number of nitrogens with one attached hydrogen (secondary N) is 2. The van der Waals surface area contributed by atoms with Crippen LogP contribution in [0.2, 0.25) is 0 Å². The highest BCUT2D eigenvalue weighted by molar-refractivity contribution is 5.96. The van der Waals surface area contributed by atoms with Crippen molar-refractivity contribution in [1.82, 2.24) is 15.6 Å². The van der Waals surface area contributed by atoms with Crippen molar-refractivity contribution in [3.63, 3.8) is 0 Å². The summed E-state index contributed by atoms with van der Waals surface area (Å²) in [5.74, 6) is 0.996. The lowest BCUT2D eigenvalue weighted by Gasteiger charge is -2.22. The van der Waals surface area contributed by atoms with E-state index in [0.717, 1.165) is 32.5 Å². The number of amides is 1. The zero-order valence-electron chi connectivity index (χ0n) is 10.6. The van der Waals surface area contributed by atoms with Gasteiger partial charge in [-0.25, -0.2) is 0 Å². The van der Waals surface area contributed by atoms with Gasteiger partial charge >= 0.3 is 0 Å². The van der Waals surface area contributed by atoms with Gasteiger partial charge in [0.15, 0.2) is 0 Å². The molecule has 18 heavy (non-hydrogen) atoms. The third-order valence-electron chi connectivity index (χ3n) is 3.26. The van der Waals surface area contributed by atoms with Gasteiger partial charge in [0, 0.05) is 12.7 Å². The molecule has 1 amide bonds. The van der Waals surface area contributed by atoms with Crippen molar-refractivity contribution in [3.05, 3.63) is 24.0 Å². The van der Waals surface area contributed by atoms with Crippen molar-refractivity contribution in [3.8, 4) is 5.75 Å². The van der Waals surface area contributed by atoms with Crippen LogP contribution in [0.15, 0.2) is 18.5 Å². The van der Waals surface area contributed by atoms with E-state index in [1.807, 2.05) is 0 Å². The number of ether oxygens (including phenoxy) is 1. The van der Waals surface area contributed by atoms with Crippen molar-refractivity contribution in [1.29, 1.82) is 0 Å². The molecule has 0 bridgehead atoms. The molecule has 0 aliphatic carbocycles. The minimum absolute atomic E-state index is 0.0900. The molecule has 1 aliphatic rings. The molecule has 0 atom stereocenters. The van der Waals surface area contributed by atoms with E-state index in [-0.39, 0.29) is 5.91 Å². The third-order valence-corrected chi connectivity index (χ3v) is 3.26. The Hall–Kier alpha value is -1.62. The lowest BCUT2D eigenvalue weighted by atomic mass is 9.98. The minimum Gasteiger partial charge on any atom is -0.494 e. The average molecular weight is 249 g/mol. The smallest absolute Gasteiger partial charge is 0.255 e. The molecule has 0 radical (unpaired) electrons. The molecule has 0 spiro atoms. The number of nitrogens with zero attached hydrogens (tertiary/aromatic N) is 1. The van der Waals surface area contributed by atoms with Crippen LogP contribution >= 0.6 is 0 Å². The van der Waals surface area contributed by atoms with Gasteiger partial charge in [0.2, 0.25) is 0 Å². The molecule has 98 valence electrons. The van der Waals surface area contributed by atoms with Gasteiger partial charge in [-0.15, -0.1) is 0 Å². The van der Waals surface area contributed by atoms with Crippen LogP contribution in [0.25, 0.3) is 0 Å². The van der Waals surface area contributed by atoms with E-state index < -0.39 is 0 Å². The van der Waals surface area contributed by atoms with Gasteiger partial charge in [-0.1, -0.05) is 0 Å². The third kappa shape index (κ3) is 3.20. The van der Waals surface area contributed by atoms with Gasteiger partial charge in [-0.2, -0.15) is 0 Å². The summed E-state index contributed by atoms with van der Waals surface area (Å²) in [5, 5.41) is 6.28. The maximum Gasteiger partial charge on any atom is 0.255 e. The van der Waals surface area contributed by atoms with Gasteiger partial charge < -0.3 is 15.4 Å². The quantitative estimate of drug-likeness (QED) is 0.829. The normalized spacial score (nSPS) is 16.3. The van der Waals surface area contributed by atoms with Crippen LogP contribution in [0.5, 0.6) is 5.75 Å². The van der Waals surface area contributed by atoms with E-state index in [1.165, 1.54) is 0 Å². The summed E-state index contributed by atoms with van der Waals surface area (Å²) in [6.07, 6.45) is 5.39. The summed E-state index contributed by atoms with van der Waals surface area (Å²) < 4.78 is 5.12. The number of piperidine rings is 1. The standard InChI is InChI=1S/C13H19N3O2/c1-18-12-9-15-7-4-11(12)13(17)16-8-10-2-5-14-6-3-10/h4,7,9-10,14H,2-3,5-6,8H2,1H3,(H,16,17). The number of carbonyl (C=O) groups is 1. The number of pyridine rings is 1. The summed E-state index contributed by atoms with van der Waals surface area (Å²) in [4.78, 5) is 16.0. The maximum atomic E-state index is 12.0. The Morgan fingerprint density at radius 2 is 2.33 bits per heavy atom. The van der Waals surface area contributed by atoms with Crippen molar-refractivity contribution in [2.75, 3.05) is 26.7 Å². The second kappa shape index (κ2) is 6.35. The van der Waals surface area contributed by atoms with Crippen molar-refractivity contribution < 1.29 is 9.53 Å². The number of methoxy groups -OCH3 is 1. The average Bonchev–Trinajstić information content (AvgIpc) is 2.45. The monoisotopic (exact) mass is 249 g/mol. The van der Waals surface area contributed by atoms with Gasteiger partial charge in [0.1, 0.15) is 5.75 Å². The second-order valence-electron chi connectivity index (χ2n) is 4.48. The summed E-state index contributed by atoms with van der Waals surface area (Å²) in [7, 11) is 1.54. The first-order valence-electron chi connectivity index (χ1n) is 6.28. The fourth-order valence-electron chi connectivity index (χ4n) is 2.15. The van der Waals surface area contributed by atoms with Crippen LogP contribution in [0.1, 0.15) is 23.2 Å². The Morgan fingerprint density at radius 1 is 1.56 bits per heavy atom. The molecule has 0 unspecified atom stereocenters. The van der Waals surface area contributed by atoms with Crippen LogP contribution in [-0.2, 0) is 0 Å².